The maximum atomic E-state index is 12.1. The van der Waals surface area contributed by atoms with Gasteiger partial charge in [0, 0.05) is 5.69 Å². The van der Waals surface area contributed by atoms with Crippen molar-refractivity contribution in [1.29, 1.82) is 0 Å². The first-order chi connectivity index (χ1) is 11.5. The lowest BCUT2D eigenvalue weighted by Crippen LogP contribution is -2.32. The first-order valence-electron chi connectivity index (χ1n) is 7.78. The molecule has 0 aliphatic heterocycles. The number of nitrogens with one attached hydrogen (secondary N) is 2. The lowest BCUT2D eigenvalue weighted by Gasteiger charge is -2.16. The van der Waals surface area contributed by atoms with E-state index in [1.807, 2.05) is 50.2 Å². The minimum atomic E-state index is -0.403. The highest BCUT2D eigenvalue weighted by Crippen LogP contribution is 2.17. The summed E-state index contributed by atoms with van der Waals surface area (Å²) in [6.07, 6.45) is 0. The van der Waals surface area contributed by atoms with Gasteiger partial charge in [-0.25, -0.2) is 4.79 Å². The number of hydrogen-bond acceptors (Lipinski definition) is 4. The zero-order chi connectivity index (χ0) is 17.5. The van der Waals surface area contributed by atoms with Gasteiger partial charge in [-0.2, -0.15) is 0 Å². The fourth-order valence-electron chi connectivity index (χ4n) is 2.35. The molecular weight excluding hydrogens is 304 g/mol. The highest BCUT2D eigenvalue weighted by Gasteiger charge is 2.11. The normalized spacial score (nSPS) is 11.5. The average molecular weight is 326 g/mol. The van der Waals surface area contributed by atoms with Crippen molar-refractivity contribution >= 4 is 17.6 Å². The molecule has 5 nitrogen and oxygen atoms in total. The number of amides is 1. The van der Waals surface area contributed by atoms with Crippen molar-refractivity contribution in [2.75, 3.05) is 19.0 Å². The molecule has 0 radical (unpaired) electrons. The number of esters is 1. The van der Waals surface area contributed by atoms with Crippen LogP contribution in [-0.4, -0.2) is 25.5 Å². The van der Waals surface area contributed by atoms with Gasteiger partial charge in [0.25, 0.3) is 0 Å². The zero-order valence-corrected chi connectivity index (χ0v) is 14.1. The van der Waals surface area contributed by atoms with Crippen molar-refractivity contribution in [1.82, 2.24) is 5.32 Å². The van der Waals surface area contributed by atoms with E-state index < -0.39 is 5.97 Å². The monoisotopic (exact) mass is 326 g/mol. The summed E-state index contributed by atoms with van der Waals surface area (Å²) >= 11 is 0. The van der Waals surface area contributed by atoms with Gasteiger partial charge in [-0.3, -0.25) is 4.79 Å². The molecule has 0 fully saturated rings. The minimum Gasteiger partial charge on any atom is -0.465 e. The maximum absolute atomic E-state index is 12.1. The second-order valence-corrected chi connectivity index (χ2v) is 5.57. The van der Waals surface area contributed by atoms with Crippen LogP contribution in [-0.2, 0) is 9.53 Å². The van der Waals surface area contributed by atoms with E-state index in [2.05, 4.69) is 10.6 Å². The molecule has 2 N–H and O–H groups in total. The van der Waals surface area contributed by atoms with E-state index in [1.165, 1.54) is 7.11 Å². The van der Waals surface area contributed by atoms with Crippen molar-refractivity contribution < 1.29 is 14.3 Å². The van der Waals surface area contributed by atoms with Crippen LogP contribution >= 0.6 is 0 Å². The summed E-state index contributed by atoms with van der Waals surface area (Å²) in [7, 11) is 1.34. The first kappa shape index (κ1) is 17.5. The van der Waals surface area contributed by atoms with E-state index in [0.29, 0.717) is 5.56 Å². The fraction of sp³-hybridized carbons (Fsp3) is 0.263. The molecule has 1 atom stereocenters. The van der Waals surface area contributed by atoms with Crippen LogP contribution < -0.4 is 10.6 Å². The summed E-state index contributed by atoms with van der Waals surface area (Å²) in [5, 5.41) is 6.01. The third kappa shape index (κ3) is 4.59. The van der Waals surface area contributed by atoms with Gasteiger partial charge in [-0.05, 0) is 37.1 Å². The van der Waals surface area contributed by atoms with Crippen LogP contribution in [0.4, 0.5) is 5.69 Å². The van der Waals surface area contributed by atoms with E-state index >= 15 is 0 Å². The summed E-state index contributed by atoms with van der Waals surface area (Å²) in [6.45, 7) is 3.98. The van der Waals surface area contributed by atoms with Crippen LogP contribution in [0.15, 0.2) is 48.5 Å². The van der Waals surface area contributed by atoms with Crippen molar-refractivity contribution in [2.45, 2.75) is 19.9 Å². The lowest BCUT2D eigenvalue weighted by molar-refractivity contribution is -0.120. The summed E-state index contributed by atoms with van der Waals surface area (Å²) in [5.41, 5.74) is 3.19. The Bertz CT molecular complexity index is 714. The van der Waals surface area contributed by atoms with Crippen LogP contribution in [0.5, 0.6) is 0 Å². The van der Waals surface area contributed by atoms with Crippen molar-refractivity contribution in [2.24, 2.45) is 0 Å². The summed E-state index contributed by atoms with van der Waals surface area (Å²) in [4.78, 5) is 23.7. The largest absolute Gasteiger partial charge is 0.465 e. The van der Waals surface area contributed by atoms with Crippen LogP contribution in [0.2, 0.25) is 0 Å². The Hall–Kier alpha value is -2.82. The predicted molar refractivity (Wildman–Crippen MR) is 94.0 cm³/mol. The van der Waals surface area contributed by atoms with Crippen molar-refractivity contribution in [3.8, 4) is 0 Å². The second-order valence-electron chi connectivity index (χ2n) is 5.57. The number of carbonyl (C=O) groups excluding carboxylic acids is 2. The fourth-order valence-corrected chi connectivity index (χ4v) is 2.35. The van der Waals surface area contributed by atoms with E-state index in [4.69, 9.17) is 4.74 Å². The lowest BCUT2D eigenvalue weighted by atomic mass is 10.1. The number of benzene rings is 2. The first-order valence-corrected chi connectivity index (χ1v) is 7.78. The maximum Gasteiger partial charge on any atom is 0.337 e. The topological polar surface area (TPSA) is 67.4 Å². The molecule has 1 amide bonds. The summed E-state index contributed by atoms with van der Waals surface area (Å²) in [6, 6.07) is 14.9. The number of hydrogen-bond donors (Lipinski definition) is 2. The third-order valence-corrected chi connectivity index (χ3v) is 3.78. The molecule has 0 spiro atoms. The number of ether oxygens (including phenoxy) is 1. The van der Waals surface area contributed by atoms with E-state index in [-0.39, 0.29) is 18.5 Å². The molecule has 126 valence electrons. The van der Waals surface area contributed by atoms with Crippen LogP contribution in [0.3, 0.4) is 0 Å². The standard InChI is InChI=1S/C19H22N2O3/c1-13-9-10-16(19(23)24-3)11-17(13)20-12-18(22)21-14(2)15-7-5-4-6-8-15/h4-11,14,20H,12H2,1-3H3,(H,21,22)/t14-/m1/s1. The molecule has 24 heavy (non-hydrogen) atoms. The number of methoxy groups -OCH3 is 1. The molecule has 0 bridgehead atoms. The van der Waals surface area contributed by atoms with Gasteiger partial charge in [0.15, 0.2) is 0 Å². The Kier molecular flexibility index (Phi) is 5.95. The zero-order valence-electron chi connectivity index (χ0n) is 14.1. The smallest absolute Gasteiger partial charge is 0.337 e. The van der Waals surface area contributed by atoms with E-state index in [9.17, 15) is 9.59 Å². The highest BCUT2D eigenvalue weighted by molar-refractivity contribution is 5.91. The molecule has 0 aromatic heterocycles. The second kappa shape index (κ2) is 8.15. The molecule has 2 aromatic carbocycles. The van der Waals surface area contributed by atoms with Crippen LogP contribution in [0.1, 0.15) is 34.5 Å². The van der Waals surface area contributed by atoms with Crippen molar-refractivity contribution in [3.63, 3.8) is 0 Å². The Morgan fingerprint density at radius 3 is 2.50 bits per heavy atom. The van der Waals surface area contributed by atoms with Gasteiger partial charge < -0.3 is 15.4 Å². The number of carbonyl (C=O) groups is 2. The Labute approximate surface area is 142 Å². The van der Waals surface area contributed by atoms with Crippen LogP contribution in [0, 0.1) is 6.92 Å². The number of anilines is 1. The summed E-state index contributed by atoms with van der Waals surface area (Å²) in [5.74, 6) is -0.519. The molecule has 2 aromatic rings. The Morgan fingerprint density at radius 2 is 1.83 bits per heavy atom. The van der Waals surface area contributed by atoms with E-state index in [1.54, 1.807) is 12.1 Å². The predicted octanol–water partition coefficient (Wildman–Crippen LogP) is 3.07. The molecule has 0 aliphatic carbocycles. The van der Waals surface area contributed by atoms with Gasteiger partial charge in [0.1, 0.15) is 0 Å². The number of aryl methyl sites for hydroxylation is 1. The van der Waals surface area contributed by atoms with E-state index in [0.717, 1.165) is 16.8 Å². The minimum absolute atomic E-state index is 0.0667. The van der Waals surface area contributed by atoms with Crippen LogP contribution in [0.25, 0.3) is 0 Å². The molecule has 0 saturated heterocycles. The summed E-state index contributed by atoms with van der Waals surface area (Å²) < 4.78 is 4.71. The average Bonchev–Trinajstić information content (AvgIpc) is 2.61. The van der Waals surface area contributed by atoms with Crippen molar-refractivity contribution in [3.05, 3.63) is 65.2 Å². The molecule has 2 rings (SSSR count). The quantitative estimate of drug-likeness (QED) is 0.801. The Balaban J connectivity index is 1.95. The van der Waals surface area contributed by atoms with Gasteiger partial charge in [0.05, 0.1) is 25.3 Å². The molecule has 0 heterocycles. The van der Waals surface area contributed by atoms with Gasteiger partial charge in [-0.1, -0.05) is 36.4 Å². The molecule has 5 heteroatoms. The number of rotatable bonds is 6. The molecule has 0 aliphatic rings. The SMILES string of the molecule is COC(=O)c1ccc(C)c(NCC(=O)N[C@H](C)c2ccccc2)c1. The molecule has 0 saturated carbocycles. The van der Waals surface area contributed by atoms with Gasteiger partial charge in [0.2, 0.25) is 5.91 Å². The Morgan fingerprint density at radius 1 is 1.12 bits per heavy atom. The molecule has 0 unspecified atom stereocenters. The van der Waals surface area contributed by atoms with Gasteiger partial charge in [-0.15, -0.1) is 0 Å². The highest BCUT2D eigenvalue weighted by atomic mass is 16.5. The molecular formula is C19H22N2O3. The van der Waals surface area contributed by atoms with Gasteiger partial charge >= 0.3 is 5.97 Å². The third-order valence-electron chi connectivity index (χ3n) is 3.78.